The first kappa shape index (κ1) is 75.4. The molecule has 30 valence electrons. The maximum absolute atomic E-state index is 0. The van der Waals surface area contributed by atoms with Crippen LogP contribution >= 0.6 is 0 Å². The molecule has 0 aromatic rings. The van der Waals surface area contributed by atoms with Gasteiger partial charge in [-0.3, -0.25) is 0 Å². The predicted octanol–water partition coefficient (Wildman–Crippen LogP) is -0.359. The molecule has 0 aliphatic rings. The zero-order valence-electron chi connectivity index (χ0n) is 2.14. The minimum Gasteiger partial charge on any atom is -2.00 e. The van der Waals surface area contributed by atoms with Crippen LogP contribution < -0.4 is 0 Å². The van der Waals surface area contributed by atoms with E-state index in [0.717, 1.165) is 0 Å². The van der Waals surface area contributed by atoms with Crippen molar-refractivity contribution in [2.24, 2.45) is 0 Å². The van der Waals surface area contributed by atoms with Crippen LogP contribution in [0, 0.1) is 35.6 Å². The zero-order valence-corrected chi connectivity index (χ0v) is 7.40. The number of hydrogen-bond acceptors (Lipinski definition) is 0. The molecule has 0 radical (unpaired) electrons. The van der Waals surface area contributed by atoms with Crippen molar-refractivity contribution >= 4 is 0 Å². The summed E-state index contributed by atoms with van der Waals surface area (Å²) in [5, 5.41) is 0. The Morgan fingerprint density at radius 2 is 0.600 bits per heavy atom. The van der Waals surface area contributed by atoms with E-state index in [0.29, 0.717) is 0 Å². The second kappa shape index (κ2) is 43.6. The molecule has 0 rings (SSSR count). The van der Waals surface area contributed by atoms with E-state index in [1.165, 1.54) is 0 Å². The van der Waals surface area contributed by atoms with Crippen LogP contribution in [-0.2, 0) is 35.9 Å². The second-order valence-electron chi connectivity index (χ2n) is 0. The van der Waals surface area contributed by atoms with Gasteiger partial charge in [0.25, 0.3) is 0 Å². The maximum atomic E-state index is 0. The third-order valence-electron chi connectivity index (χ3n) is 0. The Balaban J connectivity index is 0. The Morgan fingerprint density at radius 3 is 0.600 bits per heavy atom. The molecule has 5 heavy (non-hydrogen) atoms. The zero-order chi connectivity index (χ0) is 0. The molecular weight excluding hydrogens is 290 g/mol. The van der Waals surface area contributed by atoms with Gasteiger partial charge in [-0.1, -0.05) is 0 Å². The van der Waals surface area contributed by atoms with Crippen LogP contribution in [-0.4, -0.2) is 0 Å². The first-order chi connectivity index (χ1) is 0. The molecule has 0 atom stereocenters. The molecule has 3 nitrogen and oxygen atoms in total. The van der Waals surface area contributed by atoms with Gasteiger partial charge in [0.05, 0.1) is 0 Å². The van der Waals surface area contributed by atoms with Gasteiger partial charge in [-0.15, -0.1) is 0 Å². The van der Waals surface area contributed by atoms with E-state index in [1.54, 1.807) is 0 Å². The molecule has 0 saturated carbocycles. The van der Waals surface area contributed by atoms with Crippen molar-refractivity contribution in [2.45, 2.75) is 0 Å². The molecule has 0 aromatic heterocycles. The molecule has 0 fully saturated rings. The summed E-state index contributed by atoms with van der Waals surface area (Å²) in [6.45, 7) is 0. The maximum Gasteiger partial charge on any atom is 3.00 e. The normalized spacial score (nSPS) is 0. The van der Waals surface area contributed by atoms with Crippen molar-refractivity contribution in [1.82, 2.24) is 0 Å². The minimum absolute atomic E-state index is 0. The van der Waals surface area contributed by atoms with Crippen molar-refractivity contribution in [3.05, 3.63) is 0 Å². The summed E-state index contributed by atoms with van der Waals surface area (Å²) >= 11 is 0. The standard InChI is InChI=1S/La.3O.Rh/q+3;3*-2;+3. The fraction of sp³-hybridized carbons (Fsp3) is 0. The van der Waals surface area contributed by atoms with Crippen molar-refractivity contribution in [2.75, 3.05) is 0 Å². The van der Waals surface area contributed by atoms with E-state index in [-0.39, 0.29) is 71.5 Å². The van der Waals surface area contributed by atoms with Gasteiger partial charge >= 0.3 is 55.1 Å². The number of rotatable bonds is 0. The monoisotopic (exact) mass is 290 g/mol. The average molecular weight is 290 g/mol. The van der Waals surface area contributed by atoms with Gasteiger partial charge in [-0.25, -0.2) is 0 Å². The molecule has 5 heteroatoms. The van der Waals surface area contributed by atoms with Crippen LogP contribution in [0.4, 0.5) is 0 Å². The first-order valence-corrected chi connectivity index (χ1v) is 0. The molecule has 0 aliphatic carbocycles. The summed E-state index contributed by atoms with van der Waals surface area (Å²) in [5.74, 6) is 0. The Bertz CT molecular complexity index is 6.85. The summed E-state index contributed by atoms with van der Waals surface area (Å²) in [6, 6.07) is 0. The SMILES string of the molecule is [La+3].[O-2].[O-2].[O-2].[Rh+3]. The van der Waals surface area contributed by atoms with Crippen molar-refractivity contribution < 1.29 is 71.5 Å². The summed E-state index contributed by atoms with van der Waals surface area (Å²) < 4.78 is 0. The quantitative estimate of drug-likeness (QED) is 0.546. The minimum atomic E-state index is 0. The molecule has 0 aromatic carbocycles. The molecule has 0 spiro atoms. The second-order valence-corrected chi connectivity index (χ2v) is 0. The van der Waals surface area contributed by atoms with Crippen LogP contribution in [0.15, 0.2) is 0 Å². The van der Waals surface area contributed by atoms with Crippen molar-refractivity contribution in [3.8, 4) is 0 Å². The van der Waals surface area contributed by atoms with E-state index < -0.39 is 0 Å². The Labute approximate surface area is 70.8 Å². The van der Waals surface area contributed by atoms with Crippen molar-refractivity contribution in [1.29, 1.82) is 0 Å². The van der Waals surface area contributed by atoms with E-state index >= 15 is 0 Å². The fourth-order valence-corrected chi connectivity index (χ4v) is 0. The largest absolute Gasteiger partial charge is 3.00 e. The van der Waals surface area contributed by atoms with Crippen molar-refractivity contribution in [3.63, 3.8) is 0 Å². The molecule has 0 amide bonds. The Hall–Kier alpha value is 1.70. The molecular formula is LaO3Rh. The Morgan fingerprint density at radius 1 is 0.600 bits per heavy atom. The summed E-state index contributed by atoms with van der Waals surface area (Å²) in [7, 11) is 0. The van der Waals surface area contributed by atoms with Crippen LogP contribution in [0.5, 0.6) is 0 Å². The van der Waals surface area contributed by atoms with Crippen LogP contribution in [0.2, 0.25) is 0 Å². The third kappa shape index (κ3) is 27.0. The fourth-order valence-electron chi connectivity index (χ4n) is 0. The average Bonchev–Trinajstić information content (AvgIpc) is 0. The van der Waals surface area contributed by atoms with Gasteiger partial charge in [-0.05, 0) is 0 Å². The predicted molar refractivity (Wildman–Crippen MR) is 2.06 cm³/mol. The molecule has 0 unspecified atom stereocenters. The van der Waals surface area contributed by atoms with Gasteiger partial charge in [0.2, 0.25) is 0 Å². The van der Waals surface area contributed by atoms with E-state index in [4.69, 9.17) is 0 Å². The molecule has 0 saturated heterocycles. The molecule has 0 heterocycles. The van der Waals surface area contributed by atoms with Gasteiger partial charge in [0.15, 0.2) is 0 Å². The van der Waals surface area contributed by atoms with Gasteiger partial charge in [0.1, 0.15) is 0 Å². The molecule has 0 aliphatic heterocycles. The van der Waals surface area contributed by atoms with Crippen LogP contribution in [0.1, 0.15) is 0 Å². The summed E-state index contributed by atoms with van der Waals surface area (Å²) in [6.07, 6.45) is 0. The van der Waals surface area contributed by atoms with E-state index in [9.17, 15) is 0 Å². The van der Waals surface area contributed by atoms with Gasteiger partial charge in [-0.2, -0.15) is 0 Å². The van der Waals surface area contributed by atoms with Gasteiger partial charge in [0, 0.05) is 0 Å². The Kier molecular flexibility index (Phi) is 658. The topological polar surface area (TPSA) is 85.5 Å². The molecule has 0 N–H and O–H groups in total. The summed E-state index contributed by atoms with van der Waals surface area (Å²) in [5.41, 5.74) is 0. The smallest absolute Gasteiger partial charge is 2.00 e. The molecule has 0 bridgehead atoms. The summed E-state index contributed by atoms with van der Waals surface area (Å²) in [4.78, 5) is 0. The first-order valence-electron chi connectivity index (χ1n) is 0. The van der Waals surface area contributed by atoms with Gasteiger partial charge < -0.3 is 16.4 Å². The van der Waals surface area contributed by atoms with E-state index in [1.807, 2.05) is 0 Å². The third-order valence-corrected chi connectivity index (χ3v) is 0. The van der Waals surface area contributed by atoms with Crippen LogP contribution in [0.25, 0.3) is 0 Å². The van der Waals surface area contributed by atoms with E-state index in [2.05, 4.69) is 0 Å². The number of hydrogen-bond donors (Lipinski definition) is 0. The van der Waals surface area contributed by atoms with Crippen LogP contribution in [0.3, 0.4) is 0 Å².